The Bertz CT molecular complexity index is 1460. The number of nitrogens with zero attached hydrogens (tertiary/aromatic N) is 5. The molecular weight excluding hydrogens is 495 g/mol. The van der Waals surface area contributed by atoms with Gasteiger partial charge in [-0.3, -0.25) is 4.79 Å². The SMILES string of the molecule is CC(=O)N1CCC(CCn2c(Cc3cc4c(cc3-c3cccs3)OCO4)nc3c(N)nc(F)nc32)CC1. The highest BCUT2D eigenvalue weighted by Gasteiger charge is 2.24. The summed E-state index contributed by atoms with van der Waals surface area (Å²) in [6, 6.07) is 8.09. The maximum atomic E-state index is 14.2. The summed E-state index contributed by atoms with van der Waals surface area (Å²) in [7, 11) is 0. The van der Waals surface area contributed by atoms with E-state index in [-0.39, 0.29) is 18.5 Å². The Morgan fingerprint density at radius 2 is 1.97 bits per heavy atom. The topological polar surface area (TPSA) is 108 Å². The van der Waals surface area contributed by atoms with Gasteiger partial charge in [0.05, 0.1) is 0 Å². The first-order valence-corrected chi connectivity index (χ1v) is 13.2. The molecule has 0 unspecified atom stereocenters. The van der Waals surface area contributed by atoms with Gasteiger partial charge >= 0.3 is 6.08 Å². The van der Waals surface area contributed by atoms with Gasteiger partial charge in [0, 0.05) is 37.9 Å². The molecule has 0 aliphatic carbocycles. The minimum absolute atomic E-state index is 0.0291. The summed E-state index contributed by atoms with van der Waals surface area (Å²) in [5, 5.41) is 2.04. The smallest absolute Gasteiger partial charge is 0.312 e. The first-order valence-electron chi connectivity index (χ1n) is 12.4. The number of benzene rings is 1. The van der Waals surface area contributed by atoms with Gasteiger partial charge in [0.15, 0.2) is 28.5 Å². The zero-order chi connectivity index (χ0) is 25.5. The molecule has 0 bridgehead atoms. The lowest BCUT2D eigenvalue weighted by molar-refractivity contribution is -0.130. The highest BCUT2D eigenvalue weighted by Crippen LogP contribution is 2.41. The van der Waals surface area contributed by atoms with Crippen molar-refractivity contribution >= 4 is 34.2 Å². The Kier molecular flexibility index (Phi) is 6.15. The van der Waals surface area contributed by atoms with Crippen LogP contribution in [0.5, 0.6) is 11.5 Å². The van der Waals surface area contributed by atoms with Crippen LogP contribution >= 0.6 is 11.3 Å². The number of aryl methyl sites for hydroxylation is 1. The van der Waals surface area contributed by atoms with E-state index >= 15 is 0 Å². The second-order valence-electron chi connectivity index (χ2n) is 9.48. The van der Waals surface area contributed by atoms with E-state index in [1.54, 1.807) is 18.3 Å². The second kappa shape index (κ2) is 9.62. The van der Waals surface area contributed by atoms with Gasteiger partial charge in [-0.1, -0.05) is 6.07 Å². The number of ether oxygens (including phenoxy) is 2. The first-order chi connectivity index (χ1) is 18.0. The summed E-state index contributed by atoms with van der Waals surface area (Å²) >= 11 is 1.65. The number of hydrogen-bond donors (Lipinski definition) is 1. The number of nitrogen functional groups attached to an aromatic ring is 1. The summed E-state index contributed by atoms with van der Waals surface area (Å²) < 4.78 is 27.5. The Balaban J connectivity index is 1.35. The molecule has 2 aliphatic heterocycles. The van der Waals surface area contributed by atoms with Crippen molar-refractivity contribution in [3.8, 4) is 21.9 Å². The molecule has 0 radical (unpaired) electrons. The van der Waals surface area contributed by atoms with Crippen LogP contribution in [0.15, 0.2) is 29.6 Å². The predicted octanol–water partition coefficient (Wildman–Crippen LogP) is 4.24. The van der Waals surface area contributed by atoms with Crippen molar-refractivity contribution in [2.24, 2.45) is 5.92 Å². The van der Waals surface area contributed by atoms with E-state index in [1.165, 1.54) is 0 Å². The van der Waals surface area contributed by atoms with Crippen molar-refractivity contribution in [1.29, 1.82) is 0 Å². The Morgan fingerprint density at radius 1 is 1.19 bits per heavy atom. The molecule has 1 saturated heterocycles. The molecule has 2 N–H and O–H groups in total. The summed E-state index contributed by atoms with van der Waals surface area (Å²) in [5.74, 6) is 2.75. The van der Waals surface area contributed by atoms with Gasteiger partial charge in [-0.25, -0.2) is 4.98 Å². The van der Waals surface area contributed by atoms with Gasteiger partial charge in [-0.2, -0.15) is 14.4 Å². The Hall–Kier alpha value is -3.73. The lowest BCUT2D eigenvalue weighted by Crippen LogP contribution is -2.37. The minimum Gasteiger partial charge on any atom is -0.454 e. The van der Waals surface area contributed by atoms with E-state index in [2.05, 4.69) is 16.0 Å². The van der Waals surface area contributed by atoms with Gasteiger partial charge in [0.25, 0.3) is 0 Å². The van der Waals surface area contributed by atoms with Crippen molar-refractivity contribution in [3.63, 3.8) is 0 Å². The largest absolute Gasteiger partial charge is 0.454 e. The van der Waals surface area contributed by atoms with Crippen molar-refractivity contribution in [2.75, 3.05) is 25.6 Å². The van der Waals surface area contributed by atoms with Crippen LogP contribution in [0.25, 0.3) is 21.6 Å². The number of anilines is 1. The van der Waals surface area contributed by atoms with E-state index in [0.29, 0.717) is 35.8 Å². The van der Waals surface area contributed by atoms with E-state index in [9.17, 15) is 9.18 Å². The highest BCUT2D eigenvalue weighted by molar-refractivity contribution is 7.13. The average molecular weight is 523 g/mol. The van der Waals surface area contributed by atoms with Gasteiger partial charge < -0.3 is 24.7 Å². The molecule has 3 aromatic heterocycles. The number of halogens is 1. The van der Waals surface area contributed by atoms with Gasteiger partial charge in [0.1, 0.15) is 5.82 Å². The van der Waals surface area contributed by atoms with E-state index < -0.39 is 6.08 Å². The predicted molar refractivity (Wildman–Crippen MR) is 138 cm³/mol. The summed E-state index contributed by atoms with van der Waals surface area (Å²) in [4.78, 5) is 27.3. The molecule has 192 valence electrons. The third kappa shape index (κ3) is 4.59. The average Bonchev–Trinajstić information content (AvgIpc) is 3.63. The first kappa shape index (κ1) is 23.7. The van der Waals surface area contributed by atoms with Crippen molar-refractivity contribution in [2.45, 2.75) is 39.2 Å². The third-order valence-electron chi connectivity index (χ3n) is 7.23. The van der Waals surface area contributed by atoms with Crippen LogP contribution in [0.2, 0.25) is 0 Å². The number of amides is 1. The molecule has 1 fully saturated rings. The number of carbonyl (C=O) groups excluding carboxylic acids is 1. The molecule has 37 heavy (non-hydrogen) atoms. The lowest BCUT2D eigenvalue weighted by Gasteiger charge is -2.31. The van der Waals surface area contributed by atoms with Crippen LogP contribution in [0.3, 0.4) is 0 Å². The van der Waals surface area contributed by atoms with Crippen molar-refractivity contribution in [3.05, 3.63) is 47.1 Å². The van der Waals surface area contributed by atoms with Crippen molar-refractivity contribution in [1.82, 2.24) is 24.4 Å². The molecule has 6 rings (SSSR count). The van der Waals surface area contributed by atoms with Crippen LogP contribution in [0, 0.1) is 12.0 Å². The van der Waals surface area contributed by atoms with Crippen molar-refractivity contribution < 1.29 is 18.7 Å². The maximum absolute atomic E-state index is 14.2. The molecule has 0 saturated carbocycles. The number of hydrogen-bond acceptors (Lipinski definition) is 8. The van der Waals surface area contributed by atoms with Crippen LogP contribution < -0.4 is 15.2 Å². The van der Waals surface area contributed by atoms with Crippen LogP contribution in [-0.4, -0.2) is 50.2 Å². The summed E-state index contributed by atoms with van der Waals surface area (Å²) in [6.45, 7) is 3.95. The van der Waals surface area contributed by atoms with Gasteiger partial charge in [-0.15, -0.1) is 11.3 Å². The monoisotopic (exact) mass is 522 g/mol. The maximum Gasteiger partial charge on any atom is 0.312 e. The number of fused-ring (bicyclic) bond motifs is 2. The number of imidazole rings is 1. The van der Waals surface area contributed by atoms with Crippen LogP contribution in [0.4, 0.5) is 10.2 Å². The van der Waals surface area contributed by atoms with Crippen LogP contribution in [-0.2, 0) is 17.8 Å². The fourth-order valence-corrected chi connectivity index (χ4v) is 6.00. The normalized spacial score (nSPS) is 15.6. The summed E-state index contributed by atoms with van der Waals surface area (Å²) in [6.07, 6.45) is 2.36. The Labute approximate surface area is 217 Å². The number of aromatic nitrogens is 4. The van der Waals surface area contributed by atoms with Crippen LogP contribution in [0.1, 0.15) is 37.6 Å². The number of nitrogens with two attached hydrogens (primary N) is 1. The number of rotatable bonds is 6. The van der Waals surface area contributed by atoms with Gasteiger partial charge in [-0.05, 0) is 59.9 Å². The molecule has 11 heteroatoms. The third-order valence-corrected chi connectivity index (χ3v) is 8.13. The zero-order valence-electron chi connectivity index (χ0n) is 20.4. The molecular formula is C26H27FN6O3S. The Morgan fingerprint density at radius 3 is 2.70 bits per heavy atom. The molecule has 4 aromatic rings. The molecule has 0 spiro atoms. The molecule has 5 heterocycles. The highest BCUT2D eigenvalue weighted by atomic mass is 32.1. The fraction of sp³-hybridized carbons (Fsp3) is 0.385. The molecule has 1 amide bonds. The zero-order valence-corrected chi connectivity index (χ0v) is 21.3. The van der Waals surface area contributed by atoms with E-state index in [1.807, 2.05) is 33.0 Å². The number of piperidine rings is 1. The standard InChI is InChI=1S/C26H27FN6O3S/c1-15(34)32-7-4-16(5-8-32)6-9-33-22(29-23-24(28)30-26(27)31-25(23)33)12-17-11-19-20(36-14-35-19)13-18(17)21-3-2-10-37-21/h2-3,10-11,13,16H,4-9,12,14H2,1H3,(H2,28,30,31). The van der Waals surface area contributed by atoms with E-state index in [0.717, 1.165) is 59.9 Å². The second-order valence-corrected chi connectivity index (χ2v) is 10.4. The number of thiophene rings is 1. The number of likely N-dealkylation sites (tertiary alicyclic amines) is 1. The summed E-state index contributed by atoms with van der Waals surface area (Å²) in [5.41, 5.74) is 8.92. The minimum atomic E-state index is -0.866. The van der Waals surface area contributed by atoms with E-state index in [4.69, 9.17) is 20.2 Å². The quantitative estimate of drug-likeness (QED) is 0.377. The lowest BCUT2D eigenvalue weighted by atomic mass is 9.93. The molecule has 1 aromatic carbocycles. The molecule has 9 nitrogen and oxygen atoms in total. The fourth-order valence-electron chi connectivity index (χ4n) is 5.22. The van der Waals surface area contributed by atoms with Gasteiger partial charge in [0.2, 0.25) is 12.7 Å². The molecule has 2 aliphatic rings. The molecule has 0 atom stereocenters. The number of carbonyl (C=O) groups is 1.